The highest BCUT2D eigenvalue weighted by Crippen LogP contribution is 2.05. The van der Waals surface area contributed by atoms with E-state index in [1.807, 2.05) is 0 Å². The molecule has 0 aliphatic rings. The largest absolute Gasteiger partial charge is 0.473 e. The molecule has 1 unspecified atom stereocenters. The van der Waals surface area contributed by atoms with Crippen LogP contribution in [0.2, 0.25) is 0 Å². The Labute approximate surface area is 122 Å². The molecular formula is C10H20N4O4S2. The van der Waals surface area contributed by atoms with E-state index in [4.69, 9.17) is 4.74 Å². The van der Waals surface area contributed by atoms with Gasteiger partial charge in [0.1, 0.15) is 18.9 Å². The average Bonchev–Trinajstić information content (AvgIpc) is 2.75. The van der Waals surface area contributed by atoms with Crippen LogP contribution in [-0.4, -0.2) is 59.9 Å². The quantitative estimate of drug-likeness (QED) is 0.544. The Kier molecular flexibility index (Phi) is 6.27. The summed E-state index contributed by atoms with van der Waals surface area (Å²) in [6.45, 7) is 4.27. The van der Waals surface area contributed by atoms with E-state index in [1.54, 1.807) is 13.8 Å². The molecule has 0 amide bonds. The van der Waals surface area contributed by atoms with Crippen molar-refractivity contribution in [3.8, 4) is 5.88 Å². The van der Waals surface area contributed by atoms with E-state index < -0.39 is 21.7 Å². The van der Waals surface area contributed by atoms with Crippen LogP contribution in [0.4, 0.5) is 0 Å². The number of nitrogens with zero attached hydrogens (tertiary/aromatic N) is 2. The third kappa shape index (κ3) is 7.70. The lowest BCUT2D eigenvalue weighted by molar-refractivity contribution is 0.103. The summed E-state index contributed by atoms with van der Waals surface area (Å²) >= 11 is 1.03. The van der Waals surface area contributed by atoms with Crippen molar-refractivity contribution in [1.82, 2.24) is 18.8 Å². The third-order valence-electron chi connectivity index (χ3n) is 2.17. The summed E-state index contributed by atoms with van der Waals surface area (Å²) in [5.41, 5.74) is -0.632. The van der Waals surface area contributed by atoms with E-state index in [0.29, 0.717) is 12.4 Å². The Bertz CT molecular complexity index is 489. The average molecular weight is 324 g/mol. The van der Waals surface area contributed by atoms with Crippen molar-refractivity contribution in [2.45, 2.75) is 25.5 Å². The van der Waals surface area contributed by atoms with Crippen molar-refractivity contribution < 1.29 is 18.3 Å². The lowest BCUT2D eigenvalue weighted by atomic mass is 10.1. The second kappa shape index (κ2) is 7.27. The topological polar surface area (TPSA) is 113 Å². The maximum absolute atomic E-state index is 11.2. The van der Waals surface area contributed by atoms with Crippen molar-refractivity contribution >= 4 is 21.8 Å². The highest BCUT2D eigenvalue weighted by molar-refractivity contribution is 7.88. The van der Waals surface area contributed by atoms with Crippen molar-refractivity contribution in [3.63, 3.8) is 0 Å². The van der Waals surface area contributed by atoms with E-state index in [1.165, 1.54) is 6.20 Å². The summed E-state index contributed by atoms with van der Waals surface area (Å²) in [6.07, 6.45) is 1.87. The molecule has 8 nitrogen and oxygen atoms in total. The Morgan fingerprint density at radius 1 is 1.55 bits per heavy atom. The lowest BCUT2D eigenvalue weighted by Gasteiger charge is -2.26. The first-order chi connectivity index (χ1) is 9.18. The lowest BCUT2D eigenvalue weighted by Crippen LogP contribution is -2.51. The molecule has 1 aromatic heterocycles. The normalized spacial score (nSPS) is 14.2. The van der Waals surface area contributed by atoms with Gasteiger partial charge >= 0.3 is 0 Å². The molecule has 0 spiro atoms. The summed E-state index contributed by atoms with van der Waals surface area (Å²) in [4.78, 5) is 0. The molecule has 0 bridgehead atoms. The molecule has 1 atom stereocenters. The Balaban J connectivity index is 2.22. The molecule has 3 N–H and O–H groups in total. The Hall–Kier alpha value is -0.810. The van der Waals surface area contributed by atoms with Crippen molar-refractivity contribution in [1.29, 1.82) is 0 Å². The first-order valence-electron chi connectivity index (χ1n) is 5.96. The minimum atomic E-state index is -3.26. The summed E-state index contributed by atoms with van der Waals surface area (Å²) in [6, 6.07) is 0. The molecular weight excluding hydrogens is 304 g/mol. The number of nitrogens with one attached hydrogen (secondary N) is 2. The number of aliphatic hydroxyl groups is 1. The van der Waals surface area contributed by atoms with Gasteiger partial charge in [-0.2, -0.15) is 4.37 Å². The van der Waals surface area contributed by atoms with Gasteiger partial charge < -0.3 is 15.2 Å². The molecule has 20 heavy (non-hydrogen) atoms. The van der Waals surface area contributed by atoms with Crippen molar-refractivity contribution in [3.05, 3.63) is 6.20 Å². The molecule has 0 saturated heterocycles. The second-order valence-corrected chi connectivity index (χ2v) is 7.40. The number of hydrogen-bond donors (Lipinski definition) is 3. The molecule has 10 heteroatoms. The maximum atomic E-state index is 11.2. The number of sulfonamides is 1. The van der Waals surface area contributed by atoms with Gasteiger partial charge in [-0.3, -0.25) is 0 Å². The highest BCUT2D eigenvalue weighted by Gasteiger charge is 2.21. The van der Waals surface area contributed by atoms with Crippen LogP contribution in [-0.2, 0) is 10.0 Å². The smallest absolute Gasteiger partial charge is 0.245 e. The number of aliphatic hydroxyl groups excluding tert-OH is 1. The van der Waals surface area contributed by atoms with Gasteiger partial charge in [0, 0.05) is 18.6 Å². The van der Waals surface area contributed by atoms with E-state index in [0.717, 1.165) is 18.0 Å². The first kappa shape index (κ1) is 17.2. The fraction of sp³-hybridized carbons (Fsp3) is 0.800. The molecule has 0 saturated carbocycles. The SMILES string of the molecule is CC(C)(CNCC(O)COc1cnsn1)NS(C)(=O)=O. The fourth-order valence-corrected chi connectivity index (χ4v) is 2.99. The maximum Gasteiger partial charge on any atom is 0.245 e. The summed E-state index contributed by atoms with van der Waals surface area (Å²) in [5, 5.41) is 12.7. The molecule has 0 aliphatic carbocycles. The third-order valence-corrected chi connectivity index (χ3v) is 3.56. The zero-order valence-electron chi connectivity index (χ0n) is 11.7. The van der Waals surface area contributed by atoms with Gasteiger partial charge in [0.15, 0.2) is 0 Å². The van der Waals surface area contributed by atoms with Gasteiger partial charge in [0.25, 0.3) is 0 Å². The van der Waals surface area contributed by atoms with E-state index in [2.05, 4.69) is 18.8 Å². The van der Waals surface area contributed by atoms with E-state index in [9.17, 15) is 13.5 Å². The summed E-state index contributed by atoms with van der Waals surface area (Å²) in [7, 11) is -3.26. The van der Waals surface area contributed by atoms with Crippen LogP contribution in [0.15, 0.2) is 6.20 Å². The van der Waals surface area contributed by atoms with Crippen LogP contribution in [0.25, 0.3) is 0 Å². The molecule has 1 aromatic rings. The first-order valence-corrected chi connectivity index (χ1v) is 8.58. The summed E-state index contributed by atoms with van der Waals surface area (Å²) < 4.78 is 37.6. The fourth-order valence-electron chi connectivity index (χ4n) is 1.55. The predicted octanol–water partition coefficient (Wildman–Crippen LogP) is -0.805. The number of hydrogen-bond acceptors (Lipinski definition) is 8. The van der Waals surface area contributed by atoms with Gasteiger partial charge in [-0.1, -0.05) is 0 Å². The van der Waals surface area contributed by atoms with Crippen LogP contribution >= 0.6 is 11.7 Å². The van der Waals surface area contributed by atoms with Crippen LogP contribution in [0.5, 0.6) is 5.88 Å². The monoisotopic (exact) mass is 324 g/mol. The minimum Gasteiger partial charge on any atom is -0.473 e. The van der Waals surface area contributed by atoms with Gasteiger partial charge in [0.05, 0.1) is 18.0 Å². The molecule has 0 aliphatic heterocycles. The molecule has 0 fully saturated rings. The number of rotatable bonds is 9. The van der Waals surface area contributed by atoms with Crippen molar-refractivity contribution in [2.24, 2.45) is 0 Å². The standard InChI is InChI=1S/C10H20N4O4S2/c1-10(2,14-20(3,16)17)7-11-4-8(15)6-18-9-5-12-19-13-9/h5,8,11,14-15H,4,6-7H2,1-3H3. The number of aromatic nitrogens is 2. The van der Waals surface area contributed by atoms with Gasteiger partial charge in [-0.05, 0) is 13.8 Å². The van der Waals surface area contributed by atoms with E-state index in [-0.39, 0.29) is 13.2 Å². The predicted molar refractivity (Wildman–Crippen MR) is 76.3 cm³/mol. The molecule has 1 heterocycles. The zero-order valence-corrected chi connectivity index (χ0v) is 13.3. The molecule has 0 radical (unpaired) electrons. The molecule has 1 rings (SSSR count). The van der Waals surface area contributed by atoms with Crippen LogP contribution in [0.3, 0.4) is 0 Å². The van der Waals surface area contributed by atoms with E-state index >= 15 is 0 Å². The molecule has 116 valence electrons. The zero-order chi connectivity index (χ0) is 15.2. The van der Waals surface area contributed by atoms with Crippen LogP contribution in [0, 0.1) is 0 Å². The Morgan fingerprint density at radius 3 is 2.80 bits per heavy atom. The second-order valence-electron chi connectivity index (χ2n) is 5.10. The van der Waals surface area contributed by atoms with Crippen LogP contribution < -0.4 is 14.8 Å². The summed E-state index contributed by atoms with van der Waals surface area (Å²) in [5.74, 6) is 0.383. The Morgan fingerprint density at radius 2 is 2.25 bits per heavy atom. The molecule has 0 aromatic carbocycles. The minimum absolute atomic E-state index is 0.0956. The van der Waals surface area contributed by atoms with Crippen molar-refractivity contribution in [2.75, 3.05) is 26.0 Å². The van der Waals surface area contributed by atoms with Gasteiger partial charge in [-0.25, -0.2) is 13.1 Å². The van der Waals surface area contributed by atoms with Gasteiger partial charge in [0.2, 0.25) is 15.9 Å². The van der Waals surface area contributed by atoms with Gasteiger partial charge in [-0.15, -0.1) is 4.37 Å². The number of ether oxygens (including phenoxy) is 1. The van der Waals surface area contributed by atoms with Crippen LogP contribution in [0.1, 0.15) is 13.8 Å². The highest BCUT2D eigenvalue weighted by atomic mass is 32.2.